The fourth-order valence-corrected chi connectivity index (χ4v) is 5.70. The molecule has 3 aliphatic rings. The fraction of sp³-hybridized carbons (Fsp3) is 0.500. The van der Waals surface area contributed by atoms with Crippen molar-refractivity contribution in [2.24, 2.45) is 0 Å². The lowest BCUT2D eigenvalue weighted by molar-refractivity contribution is -0.149. The van der Waals surface area contributed by atoms with Crippen molar-refractivity contribution in [3.63, 3.8) is 0 Å². The van der Waals surface area contributed by atoms with Crippen molar-refractivity contribution >= 4 is 30.8 Å². The Kier molecular flexibility index (Phi) is 7.33. The van der Waals surface area contributed by atoms with E-state index in [1.807, 2.05) is 30.3 Å². The van der Waals surface area contributed by atoms with Crippen LogP contribution in [0.25, 0.3) is 11.2 Å². The monoisotopic (exact) mass is 560 g/mol. The number of ether oxygens (including phenoxy) is 3. The molecule has 0 bridgehead atoms. The standard InChI is InChI=1S/C24H29N6O8P/c31-24(28-15-8-4-5-9-15)29-21-18-22(26-12-25-21)30(13-27-18)23-20-19(16(36-23)11-35-39(32,33)34)37-17(38-20)10-14-6-2-1-3-7-14/h1-3,6-7,12-13,15-17,19-20,23H,4-5,8-11H2,(H2,32,33,34)(H2,25,26,28,29,31)/t16-,17?,19?,20+,23-/m1/s1. The molecule has 4 N–H and O–H groups in total. The van der Waals surface area contributed by atoms with Gasteiger partial charge in [0.05, 0.1) is 12.9 Å². The average molecular weight is 561 g/mol. The molecule has 3 aromatic rings. The zero-order valence-corrected chi connectivity index (χ0v) is 21.7. The molecule has 4 heterocycles. The molecule has 39 heavy (non-hydrogen) atoms. The zero-order chi connectivity index (χ0) is 27.0. The second-order valence-electron chi connectivity index (χ2n) is 9.80. The van der Waals surface area contributed by atoms with E-state index >= 15 is 0 Å². The van der Waals surface area contributed by atoms with Crippen LogP contribution in [0.1, 0.15) is 37.5 Å². The van der Waals surface area contributed by atoms with Crippen LogP contribution in [0.15, 0.2) is 43.0 Å². The van der Waals surface area contributed by atoms with Gasteiger partial charge in [-0.15, -0.1) is 0 Å². The Labute approximate surface area is 223 Å². The van der Waals surface area contributed by atoms with Gasteiger partial charge < -0.3 is 29.3 Å². The Balaban J connectivity index is 1.23. The molecule has 5 atom stereocenters. The summed E-state index contributed by atoms with van der Waals surface area (Å²) in [5.41, 5.74) is 1.75. The smallest absolute Gasteiger partial charge is 0.347 e. The number of anilines is 1. The molecular formula is C24H29N6O8P. The second-order valence-corrected chi connectivity index (χ2v) is 11.0. The van der Waals surface area contributed by atoms with Gasteiger partial charge in [0.2, 0.25) is 0 Å². The minimum absolute atomic E-state index is 0.138. The van der Waals surface area contributed by atoms with E-state index in [4.69, 9.17) is 18.7 Å². The molecule has 15 heteroatoms. The van der Waals surface area contributed by atoms with E-state index in [-0.39, 0.29) is 17.9 Å². The van der Waals surface area contributed by atoms with Crippen molar-refractivity contribution in [3.05, 3.63) is 48.5 Å². The van der Waals surface area contributed by atoms with E-state index < -0.39 is 45.3 Å². The number of carbonyl (C=O) groups excluding carboxylic acids is 1. The molecule has 0 radical (unpaired) electrons. The lowest BCUT2D eigenvalue weighted by atomic mass is 10.1. The maximum absolute atomic E-state index is 12.6. The van der Waals surface area contributed by atoms with Gasteiger partial charge in [-0.1, -0.05) is 43.2 Å². The third-order valence-corrected chi connectivity index (χ3v) is 7.60. The van der Waals surface area contributed by atoms with Crippen LogP contribution in [0.2, 0.25) is 0 Å². The molecule has 1 aliphatic carbocycles. The van der Waals surface area contributed by atoms with Gasteiger partial charge in [-0.3, -0.25) is 14.4 Å². The number of hydrogen-bond donors (Lipinski definition) is 4. The molecule has 6 rings (SSSR count). The summed E-state index contributed by atoms with van der Waals surface area (Å²) in [6.07, 6.45) is 3.84. The summed E-state index contributed by atoms with van der Waals surface area (Å²) in [5.74, 6) is 0.246. The number of urea groups is 1. The lowest BCUT2D eigenvalue weighted by Crippen LogP contribution is -2.36. The summed E-state index contributed by atoms with van der Waals surface area (Å²) >= 11 is 0. The van der Waals surface area contributed by atoms with E-state index in [1.54, 1.807) is 4.57 Å². The number of carbonyl (C=O) groups is 1. The molecular weight excluding hydrogens is 531 g/mol. The Morgan fingerprint density at radius 2 is 1.85 bits per heavy atom. The van der Waals surface area contributed by atoms with Crippen LogP contribution >= 0.6 is 7.82 Å². The maximum Gasteiger partial charge on any atom is 0.469 e. The topological polar surface area (TPSA) is 179 Å². The van der Waals surface area contributed by atoms with Crippen LogP contribution in [0.3, 0.4) is 0 Å². The quantitative estimate of drug-likeness (QED) is 0.297. The summed E-state index contributed by atoms with van der Waals surface area (Å²) < 4.78 is 36.3. The van der Waals surface area contributed by atoms with Gasteiger partial charge >= 0.3 is 13.9 Å². The molecule has 2 saturated heterocycles. The Bertz CT molecular complexity index is 1360. The van der Waals surface area contributed by atoms with Crippen molar-refractivity contribution in [2.45, 2.75) is 69.0 Å². The molecule has 14 nitrogen and oxygen atoms in total. The summed E-state index contributed by atoms with van der Waals surface area (Å²) in [6, 6.07) is 9.46. The van der Waals surface area contributed by atoms with E-state index in [0.717, 1.165) is 31.2 Å². The van der Waals surface area contributed by atoms with Crippen LogP contribution < -0.4 is 10.6 Å². The molecule has 0 spiro atoms. The van der Waals surface area contributed by atoms with Crippen molar-refractivity contribution in [1.82, 2.24) is 24.8 Å². The Hall–Kier alpha value is -2.97. The highest BCUT2D eigenvalue weighted by atomic mass is 31.2. The molecule has 3 fully saturated rings. The number of phosphoric ester groups is 1. The summed E-state index contributed by atoms with van der Waals surface area (Å²) in [5, 5.41) is 5.72. The Morgan fingerprint density at radius 3 is 2.62 bits per heavy atom. The van der Waals surface area contributed by atoms with Crippen LogP contribution in [0.5, 0.6) is 0 Å². The van der Waals surface area contributed by atoms with Gasteiger partial charge in [0, 0.05) is 12.5 Å². The van der Waals surface area contributed by atoms with Crippen LogP contribution in [0, 0.1) is 0 Å². The number of phosphoric acid groups is 1. The number of aromatic nitrogens is 4. The highest BCUT2D eigenvalue weighted by molar-refractivity contribution is 7.46. The largest absolute Gasteiger partial charge is 0.469 e. The number of nitrogens with one attached hydrogen (secondary N) is 2. The number of rotatable bonds is 8. The minimum Gasteiger partial charge on any atom is -0.347 e. The number of nitrogens with zero attached hydrogens (tertiary/aromatic N) is 4. The third-order valence-electron chi connectivity index (χ3n) is 7.11. The van der Waals surface area contributed by atoms with Crippen molar-refractivity contribution in [2.75, 3.05) is 11.9 Å². The molecule has 2 aromatic heterocycles. The first-order chi connectivity index (χ1) is 18.8. The van der Waals surface area contributed by atoms with E-state index in [1.165, 1.54) is 12.7 Å². The van der Waals surface area contributed by atoms with Gasteiger partial charge in [-0.05, 0) is 18.4 Å². The molecule has 208 valence electrons. The van der Waals surface area contributed by atoms with Crippen molar-refractivity contribution in [3.8, 4) is 0 Å². The van der Waals surface area contributed by atoms with Crippen LogP contribution in [-0.2, 0) is 29.7 Å². The first-order valence-corrected chi connectivity index (χ1v) is 14.3. The van der Waals surface area contributed by atoms with Gasteiger partial charge in [0.1, 0.15) is 24.6 Å². The number of hydrogen-bond acceptors (Lipinski definition) is 9. The second kappa shape index (κ2) is 10.9. The molecule has 2 aliphatic heterocycles. The number of imidazole rings is 1. The highest BCUT2D eigenvalue weighted by Crippen LogP contribution is 2.43. The Morgan fingerprint density at radius 1 is 1.08 bits per heavy atom. The minimum atomic E-state index is -4.74. The first kappa shape index (κ1) is 26.3. The number of fused-ring (bicyclic) bond motifs is 2. The molecule has 1 aromatic carbocycles. The summed E-state index contributed by atoms with van der Waals surface area (Å²) in [6.45, 7) is -0.404. The maximum atomic E-state index is 12.6. The summed E-state index contributed by atoms with van der Waals surface area (Å²) in [4.78, 5) is 44.0. The number of benzene rings is 1. The van der Waals surface area contributed by atoms with Gasteiger partial charge in [-0.25, -0.2) is 24.3 Å². The fourth-order valence-electron chi connectivity index (χ4n) is 5.36. The average Bonchev–Trinajstić information content (AvgIpc) is 3.68. The number of amides is 2. The zero-order valence-electron chi connectivity index (χ0n) is 20.8. The van der Waals surface area contributed by atoms with E-state index in [0.29, 0.717) is 17.6 Å². The van der Waals surface area contributed by atoms with Crippen molar-refractivity contribution in [1.29, 1.82) is 0 Å². The van der Waals surface area contributed by atoms with Crippen LogP contribution in [0.4, 0.5) is 10.6 Å². The van der Waals surface area contributed by atoms with E-state index in [9.17, 15) is 19.1 Å². The van der Waals surface area contributed by atoms with Gasteiger partial charge in [0.25, 0.3) is 0 Å². The van der Waals surface area contributed by atoms with Crippen molar-refractivity contribution < 1.29 is 37.9 Å². The SMILES string of the molecule is O=C(Nc1ncnc2c1ncn2[C@@H]1O[C@H](COP(=O)(O)O)C2OC(Cc3ccccc3)O[C@@H]21)NC1CCCC1. The summed E-state index contributed by atoms with van der Waals surface area (Å²) in [7, 11) is -4.74. The molecule has 2 unspecified atom stereocenters. The predicted molar refractivity (Wildman–Crippen MR) is 135 cm³/mol. The van der Waals surface area contributed by atoms with E-state index in [2.05, 4.69) is 25.6 Å². The normalized spacial score (nSPS) is 27.2. The third kappa shape index (κ3) is 5.82. The van der Waals surface area contributed by atoms with Gasteiger partial charge in [0.15, 0.2) is 29.5 Å². The molecule has 2 amide bonds. The highest BCUT2D eigenvalue weighted by Gasteiger charge is 2.54. The predicted octanol–water partition coefficient (Wildman–Crippen LogP) is 2.25. The lowest BCUT2D eigenvalue weighted by Gasteiger charge is -2.21. The van der Waals surface area contributed by atoms with Crippen LogP contribution in [-0.4, -0.2) is 72.6 Å². The first-order valence-electron chi connectivity index (χ1n) is 12.8. The van der Waals surface area contributed by atoms with Gasteiger partial charge in [-0.2, -0.15) is 0 Å². The molecule has 1 saturated carbocycles.